The van der Waals surface area contributed by atoms with Crippen molar-refractivity contribution >= 4 is 5.57 Å². The Bertz CT molecular complexity index is 853. The molecule has 0 aromatic heterocycles. The first-order valence-corrected chi connectivity index (χ1v) is 10.5. The van der Waals surface area contributed by atoms with Gasteiger partial charge in [-0.3, -0.25) is 0 Å². The molecular formula is C24H28F4O2. The summed E-state index contributed by atoms with van der Waals surface area (Å²) < 4.78 is 68.5. The van der Waals surface area contributed by atoms with Gasteiger partial charge in [-0.1, -0.05) is 12.7 Å². The standard InChI is InChI=1S/C24H28F4O2/c1-4-29-20-13-12-18(21(26)22(20)27)15(3)16-8-10-17(11-9-16)24(30-5-2)14-6-7-19(25)23(24)28/h6,12-14,16-17H,3-5,7-11H2,1-2H3/t16-,17-,24?. The van der Waals surface area contributed by atoms with Crippen LogP contribution < -0.4 is 4.74 Å². The van der Waals surface area contributed by atoms with Gasteiger partial charge in [-0.2, -0.15) is 4.39 Å². The summed E-state index contributed by atoms with van der Waals surface area (Å²) >= 11 is 0. The number of hydrogen-bond donors (Lipinski definition) is 0. The van der Waals surface area contributed by atoms with E-state index in [4.69, 9.17) is 9.47 Å². The lowest BCUT2D eigenvalue weighted by Gasteiger charge is -2.42. The largest absolute Gasteiger partial charge is 0.491 e. The molecule has 0 saturated heterocycles. The SMILES string of the molecule is C=C(c1ccc(OCC)c(F)c1F)[C@H]1CC[C@H](C2(OCC)C=CCC(F)=C2F)CC1. The van der Waals surface area contributed by atoms with Crippen LogP contribution in [0.25, 0.3) is 5.57 Å². The van der Waals surface area contributed by atoms with Gasteiger partial charge in [0.2, 0.25) is 5.82 Å². The first kappa shape index (κ1) is 22.6. The van der Waals surface area contributed by atoms with E-state index >= 15 is 0 Å². The van der Waals surface area contributed by atoms with Crippen molar-refractivity contribution in [3.8, 4) is 5.75 Å². The van der Waals surface area contributed by atoms with Crippen LogP contribution in [-0.4, -0.2) is 18.8 Å². The molecule has 0 bridgehead atoms. The van der Waals surface area contributed by atoms with E-state index in [9.17, 15) is 17.6 Å². The van der Waals surface area contributed by atoms with Gasteiger partial charge in [0.15, 0.2) is 17.4 Å². The third-order valence-electron chi connectivity index (χ3n) is 6.15. The van der Waals surface area contributed by atoms with Gasteiger partial charge >= 0.3 is 0 Å². The number of halogens is 4. The minimum atomic E-state index is -1.38. The zero-order valence-corrected chi connectivity index (χ0v) is 17.4. The average molecular weight is 424 g/mol. The van der Waals surface area contributed by atoms with E-state index in [0.29, 0.717) is 31.3 Å². The molecule has 0 aliphatic heterocycles. The van der Waals surface area contributed by atoms with Crippen molar-refractivity contribution in [2.24, 2.45) is 11.8 Å². The van der Waals surface area contributed by atoms with E-state index in [1.165, 1.54) is 12.1 Å². The molecular weight excluding hydrogens is 396 g/mol. The number of allylic oxidation sites excluding steroid dienone is 3. The Morgan fingerprint density at radius 1 is 1.03 bits per heavy atom. The minimum absolute atomic E-state index is 0.0601. The highest BCUT2D eigenvalue weighted by Gasteiger charge is 2.46. The maximum absolute atomic E-state index is 14.8. The summed E-state index contributed by atoms with van der Waals surface area (Å²) in [5.74, 6) is -4.04. The Labute approximate surface area is 175 Å². The summed E-state index contributed by atoms with van der Waals surface area (Å²) in [6.45, 7) is 7.96. The van der Waals surface area contributed by atoms with Crippen molar-refractivity contribution in [1.82, 2.24) is 0 Å². The summed E-state index contributed by atoms with van der Waals surface area (Å²) in [4.78, 5) is 0. The predicted molar refractivity (Wildman–Crippen MR) is 109 cm³/mol. The van der Waals surface area contributed by atoms with Crippen LogP contribution in [0.4, 0.5) is 17.6 Å². The molecule has 1 atom stereocenters. The number of rotatable bonds is 7. The lowest BCUT2D eigenvalue weighted by molar-refractivity contribution is -0.0484. The zero-order valence-electron chi connectivity index (χ0n) is 17.4. The highest BCUT2D eigenvalue weighted by Crippen LogP contribution is 2.48. The molecule has 0 radical (unpaired) electrons. The third kappa shape index (κ3) is 4.07. The lowest BCUT2D eigenvalue weighted by atomic mass is 9.69. The molecule has 3 rings (SSSR count). The molecule has 1 aromatic rings. The lowest BCUT2D eigenvalue weighted by Crippen LogP contribution is -2.43. The monoisotopic (exact) mass is 424 g/mol. The molecule has 1 saturated carbocycles. The fourth-order valence-corrected chi connectivity index (χ4v) is 4.63. The molecule has 2 nitrogen and oxygen atoms in total. The zero-order chi connectivity index (χ0) is 21.9. The molecule has 2 aliphatic rings. The molecule has 0 N–H and O–H groups in total. The topological polar surface area (TPSA) is 18.5 Å². The Balaban J connectivity index is 1.75. The molecule has 30 heavy (non-hydrogen) atoms. The quantitative estimate of drug-likeness (QED) is 0.344. The van der Waals surface area contributed by atoms with Crippen LogP contribution in [0.5, 0.6) is 5.75 Å². The van der Waals surface area contributed by atoms with Crippen LogP contribution in [0, 0.1) is 23.5 Å². The number of hydrogen-bond acceptors (Lipinski definition) is 2. The molecule has 6 heteroatoms. The fraction of sp³-hybridized carbons (Fsp3) is 0.500. The Morgan fingerprint density at radius 2 is 1.73 bits per heavy atom. The molecule has 164 valence electrons. The molecule has 2 aliphatic carbocycles. The van der Waals surface area contributed by atoms with Crippen LogP contribution in [-0.2, 0) is 4.74 Å². The Morgan fingerprint density at radius 3 is 2.37 bits per heavy atom. The molecule has 0 amide bonds. The molecule has 0 spiro atoms. The molecule has 1 unspecified atom stereocenters. The van der Waals surface area contributed by atoms with Gasteiger partial charge in [-0.25, -0.2) is 13.2 Å². The van der Waals surface area contributed by atoms with Crippen molar-refractivity contribution < 1.29 is 27.0 Å². The smallest absolute Gasteiger partial charge is 0.201 e. The van der Waals surface area contributed by atoms with Gasteiger partial charge in [0.25, 0.3) is 0 Å². The fourth-order valence-electron chi connectivity index (χ4n) is 4.63. The predicted octanol–water partition coefficient (Wildman–Crippen LogP) is 7.07. The highest BCUT2D eigenvalue weighted by molar-refractivity contribution is 5.66. The maximum Gasteiger partial charge on any atom is 0.201 e. The average Bonchev–Trinajstić information content (AvgIpc) is 2.75. The highest BCUT2D eigenvalue weighted by atomic mass is 19.2. The van der Waals surface area contributed by atoms with Crippen molar-refractivity contribution in [1.29, 1.82) is 0 Å². The van der Waals surface area contributed by atoms with E-state index in [-0.39, 0.29) is 42.8 Å². The maximum atomic E-state index is 14.8. The van der Waals surface area contributed by atoms with Gasteiger partial charge in [-0.05, 0) is 75.1 Å². The van der Waals surface area contributed by atoms with Crippen LogP contribution in [0.3, 0.4) is 0 Å². The summed E-state index contributed by atoms with van der Waals surface area (Å²) in [6, 6.07) is 2.90. The number of benzene rings is 1. The Hall–Kier alpha value is -2.08. The van der Waals surface area contributed by atoms with Crippen molar-refractivity contribution in [3.63, 3.8) is 0 Å². The second kappa shape index (κ2) is 9.38. The van der Waals surface area contributed by atoms with E-state index in [2.05, 4.69) is 6.58 Å². The van der Waals surface area contributed by atoms with Gasteiger partial charge in [0, 0.05) is 18.6 Å². The second-order valence-corrected chi connectivity index (χ2v) is 7.80. The number of ether oxygens (including phenoxy) is 2. The van der Waals surface area contributed by atoms with Crippen LogP contribution in [0.15, 0.2) is 42.5 Å². The molecule has 1 fully saturated rings. The van der Waals surface area contributed by atoms with Gasteiger partial charge in [0.1, 0.15) is 11.4 Å². The first-order chi connectivity index (χ1) is 14.4. The van der Waals surface area contributed by atoms with Crippen molar-refractivity contribution in [2.75, 3.05) is 13.2 Å². The minimum Gasteiger partial charge on any atom is -0.491 e. The molecule has 0 heterocycles. The summed E-state index contributed by atoms with van der Waals surface area (Å²) in [6.07, 6.45) is 5.53. The van der Waals surface area contributed by atoms with Gasteiger partial charge in [-0.15, -0.1) is 0 Å². The summed E-state index contributed by atoms with van der Waals surface area (Å²) in [5.41, 5.74) is -0.728. The van der Waals surface area contributed by atoms with Gasteiger partial charge in [0.05, 0.1) is 6.61 Å². The Kier molecular flexibility index (Phi) is 7.06. The van der Waals surface area contributed by atoms with E-state index in [1.54, 1.807) is 26.0 Å². The second-order valence-electron chi connectivity index (χ2n) is 7.80. The van der Waals surface area contributed by atoms with Crippen LogP contribution >= 0.6 is 0 Å². The van der Waals surface area contributed by atoms with E-state index in [1.807, 2.05) is 0 Å². The third-order valence-corrected chi connectivity index (χ3v) is 6.15. The normalized spacial score (nSPS) is 26.7. The summed E-state index contributed by atoms with van der Waals surface area (Å²) in [7, 11) is 0. The van der Waals surface area contributed by atoms with Crippen LogP contribution in [0.2, 0.25) is 0 Å². The first-order valence-electron chi connectivity index (χ1n) is 10.5. The van der Waals surface area contributed by atoms with E-state index < -0.39 is 28.9 Å². The van der Waals surface area contributed by atoms with E-state index in [0.717, 1.165) is 0 Å². The van der Waals surface area contributed by atoms with Crippen LogP contribution in [0.1, 0.15) is 51.5 Å². The summed E-state index contributed by atoms with van der Waals surface area (Å²) in [5, 5.41) is 0. The molecule has 1 aromatic carbocycles. The van der Waals surface area contributed by atoms with Crippen molar-refractivity contribution in [3.05, 3.63) is 59.7 Å². The van der Waals surface area contributed by atoms with Gasteiger partial charge < -0.3 is 9.47 Å². The van der Waals surface area contributed by atoms with Crippen molar-refractivity contribution in [2.45, 2.75) is 51.6 Å².